The van der Waals surface area contributed by atoms with E-state index in [4.69, 9.17) is 0 Å². The molecule has 120 valence electrons. The summed E-state index contributed by atoms with van der Waals surface area (Å²) in [5.74, 6) is 0. The van der Waals surface area contributed by atoms with E-state index in [-0.39, 0.29) is 0 Å². The average molecular weight is 306 g/mol. The Morgan fingerprint density at radius 3 is 2.22 bits per heavy atom. The Hall–Kier alpha value is -2.22. The predicted octanol–water partition coefficient (Wildman–Crippen LogP) is 5.04. The van der Waals surface area contributed by atoms with Crippen molar-refractivity contribution in [3.05, 3.63) is 78.6 Å². The summed E-state index contributed by atoms with van der Waals surface area (Å²) in [6, 6.07) is 21.5. The first kappa shape index (κ1) is 15.7. The number of rotatable bonds is 7. The number of para-hydroxylation sites is 1. The smallest absolute Gasteiger partial charge is 0.109 e. The monoisotopic (exact) mass is 306 g/mol. The molecular weight excluding hydrogens is 280 g/mol. The fourth-order valence-corrected chi connectivity index (χ4v) is 3.18. The van der Waals surface area contributed by atoms with Gasteiger partial charge in [0.05, 0.1) is 0 Å². The lowest BCUT2D eigenvalue weighted by molar-refractivity contribution is 0.291. The zero-order chi connectivity index (χ0) is 15.9. The number of benzene rings is 2. The highest BCUT2D eigenvalue weighted by Gasteiger charge is 2.27. The molecule has 0 saturated carbocycles. The average Bonchev–Trinajstić information content (AvgIpc) is 3.00. The molecule has 0 spiro atoms. The van der Waals surface area contributed by atoms with Gasteiger partial charge in [0, 0.05) is 31.1 Å². The maximum Gasteiger partial charge on any atom is 0.109 e. The molecule has 3 rings (SSSR count). The molecule has 0 aromatic heterocycles. The van der Waals surface area contributed by atoms with Crippen LogP contribution in [0.3, 0.4) is 0 Å². The van der Waals surface area contributed by atoms with Crippen molar-refractivity contribution in [3.63, 3.8) is 0 Å². The topological polar surface area (TPSA) is 6.48 Å². The van der Waals surface area contributed by atoms with Crippen molar-refractivity contribution >= 4 is 5.69 Å². The van der Waals surface area contributed by atoms with Gasteiger partial charge in [-0.1, -0.05) is 68.3 Å². The molecule has 0 bridgehead atoms. The predicted molar refractivity (Wildman–Crippen MR) is 98.2 cm³/mol. The van der Waals surface area contributed by atoms with Gasteiger partial charge in [-0.05, 0) is 24.1 Å². The molecule has 0 radical (unpaired) electrons. The fourth-order valence-electron chi connectivity index (χ4n) is 3.18. The lowest BCUT2D eigenvalue weighted by Crippen LogP contribution is -2.40. The van der Waals surface area contributed by atoms with Gasteiger partial charge in [0.15, 0.2) is 0 Å². The minimum absolute atomic E-state index is 0.372. The Labute approximate surface area is 140 Å². The van der Waals surface area contributed by atoms with Crippen LogP contribution in [0.15, 0.2) is 73.1 Å². The first-order valence-corrected chi connectivity index (χ1v) is 8.70. The number of unbranched alkanes of at least 4 members (excludes halogenated alkanes) is 2. The summed E-state index contributed by atoms with van der Waals surface area (Å²) >= 11 is 0. The van der Waals surface area contributed by atoms with E-state index in [1.165, 1.54) is 30.5 Å². The molecular formula is C21H26N2. The molecule has 0 N–H and O–H groups in total. The SMILES string of the molecule is CCCCCN1C=CN(c2ccccc2)C1Cc1ccccc1. The summed E-state index contributed by atoms with van der Waals surface area (Å²) in [4.78, 5) is 4.90. The third kappa shape index (κ3) is 3.95. The largest absolute Gasteiger partial charge is 0.355 e. The van der Waals surface area contributed by atoms with E-state index in [0.717, 1.165) is 13.0 Å². The van der Waals surface area contributed by atoms with Crippen LogP contribution in [0.2, 0.25) is 0 Å². The van der Waals surface area contributed by atoms with E-state index in [9.17, 15) is 0 Å². The highest BCUT2D eigenvalue weighted by molar-refractivity contribution is 5.51. The fraction of sp³-hybridized carbons (Fsp3) is 0.333. The van der Waals surface area contributed by atoms with Crippen molar-refractivity contribution in [1.29, 1.82) is 0 Å². The van der Waals surface area contributed by atoms with Crippen LogP contribution < -0.4 is 4.90 Å². The van der Waals surface area contributed by atoms with Crippen LogP contribution >= 0.6 is 0 Å². The van der Waals surface area contributed by atoms with E-state index < -0.39 is 0 Å². The van der Waals surface area contributed by atoms with Crippen LogP contribution in [0, 0.1) is 0 Å². The van der Waals surface area contributed by atoms with Crippen molar-refractivity contribution in [2.45, 2.75) is 38.8 Å². The summed E-state index contributed by atoms with van der Waals surface area (Å²) in [5.41, 5.74) is 2.66. The lowest BCUT2D eigenvalue weighted by atomic mass is 10.1. The van der Waals surface area contributed by atoms with Gasteiger partial charge in [-0.15, -0.1) is 0 Å². The quantitative estimate of drug-likeness (QED) is 0.661. The Balaban J connectivity index is 1.77. The van der Waals surface area contributed by atoms with E-state index in [1.54, 1.807) is 0 Å². The second kappa shape index (κ2) is 7.87. The second-order valence-corrected chi connectivity index (χ2v) is 6.16. The number of nitrogens with zero attached hydrogens (tertiary/aromatic N) is 2. The molecule has 2 aromatic carbocycles. The summed E-state index contributed by atoms with van der Waals surface area (Å²) in [6.45, 7) is 3.39. The molecule has 0 saturated heterocycles. The maximum atomic E-state index is 2.50. The van der Waals surface area contributed by atoms with Crippen molar-refractivity contribution in [2.75, 3.05) is 11.4 Å². The summed E-state index contributed by atoms with van der Waals surface area (Å²) in [7, 11) is 0. The molecule has 1 aliphatic heterocycles. The minimum Gasteiger partial charge on any atom is -0.355 e. The Bertz CT molecular complexity index is 606. The maximum absolute atomic E-state index is 2.50. The van der Waals surface area contributed by atoms with Crippen LogP contribution in [0.5, 0.6) is 0 Å². The van der Waals surface area contributed by atoms with Crippen LogP contribution in [0.1, 0.15) is 31.7 Å². The number of anilines is 1. The molecule has 2 aromatic rings. The van der Waals surface area contributed by atoms with E-state index in [0.29, 0.717) is 6.17 Å². The molecule has 1 heterocycles. The van der Waals surface area contributed by atoms with Crippen LogP contribution in [-0.4, -0.2) is 17.6 Å². The van der Waals surface area contributed by atoms with Crippen molar-refractivity contribution in [3.8, 4) is 0 Å². The van der Waals surface area contributed by atoms with Crippen molar-refractivity contribution in [1.82, 2.24) is 4.90 Å². The van der Waals surface area contributed by atoms with Gasteiger partial charge < -0.3 is 9.80 Å². The Morgan fingerprint density at radius 2 is 1.52 bits per heavy atom. The lowest BCUT2D eigenvalue weighted by Gasteiger charge is -2.33. The van der Waals surface area contributed by atoms with Gasteiger partial charge >= 0.3 is 0 Å². The van der Waals surface area contributed by atoms with Gasteiger partial charge in [-0.3, -0.25) is 0 Å². The van der Waals surface area contributed by atoms with Crippen molar-refractivity contribution in [2.24, 2.45) is 0 Å². The zero-order valence-electron chi connectivity index (χ0n) is 13.9. The van der Waals surface area contributed by atoms with Crippen LogP contribution in [0.4, 0.5) is 5.69 Å². The second-order valence-electron chi connectivity index (χ2n) is 6.16. The van der Waals surface area contributed by atoms with Gasteiger partial charge in [-0.25, -0.2) is 0 Å². The van der Waals surface area contributed by atoms with Crippen molar-refractivity contribution < 1.29 is 0 Å². The van der Waals surface area contributed by atoms with Crippen LogP contribution in [-0.2, 0) is 6.42 Å². The van der Waals surface area contributed by atoms with Gasteiger partial charge in [0.25, 0.3) is 0 Å². The molecule has 0 fully saturated rings. The Kier molecular flexibility index (Phi) is 5.36. The molecule has 2 heteroatoms. The number of hydrogen-bond acceptors (Lipinski definition) is 2. The summed E-state index contributed by atoms with van der Waals surface area (Å²) in [6.07, 6.45) is 9.72. The third-order valence-electron chi connectivity index (χ3n) is 4.46. The molecule has 1 unspecified atom stereocenters. The molecule has 1 aliphatic rings. The minimum atomic E-state index is 0.372. The standard InChI is InChI=1S/C21H26N2/c1-2-3-10-15-22-16-17-23(20-13-8-5-9-14-20)21(22)18-19-11-6-4-7-12-19/h4-9,11-14,16-17,21H,2-3,10,15,18H2,1H3. The molecule has 0 amide bonds. The molecule has 1 atom stereocenters. The van der Waals surface area contributed by atoms with E-state index >= 15 is 0 Å². The third-order valence-corrected chi connectivity index (χ3v) is 4.46. The first-order valence-electron chi connectivity index (χ1n) is 8.70. The van der Waals surface area contributed by atoms with E-state index in [2.05, 4.69) is 89.8 Å². The highest BCUT2D eigenvalue weighted by Crippen LogP contribution is 2.27. The summed E-state index contributed by atoms with van der Waals surface area (Å²) < 4.78 is 0. The molecule has 23 heavy (non-hydrogen) atoms. The molecule has 2 nitrogen and oxygen atoms in total. The number of hydrogen-bond donors (Lipinski definition) is 0. The normalized spacial score (nSPS) is 17.0. The zero-order valence-corrected chi connectivity index (χ0v) is 13.9. The first-order chi connectivity index (χ1) is 11.4. The van der Waals surface area contributed by atoms with E-state index in [1.807, 2.05) is 0 Å². The summed E-state index contributed by atoms with van der Waals surface area (Å²) in [5, 5.41) is 0. The van der Waals surface area contributed by atoms with Gasteiger partial charge in [0.2, 0.25) is 0 Å². The highest BCUT2D eigenvalue weighted by atomic mass is 15.4. The van der Waals surface area contributed by atoms with Gasteiger partial charge in [-0.2, -0.15) is 0 Å². The van der Waals surface area contributed by atoms with Gasteiger partial charge in [0.1, 0.15) is 6.17 Å². The Morgan fingerprint density at radius 1 is 0.826 bits per heavy atom. The van der Waals surface area contributed by atoms with Crippen LogP contribution in [0.25, 0.3) is 0 Å². The molecule has 0 aliphatic carbocycles.